The van der Waals surface area contributed by atoms with E-state index < -0.39 is 11.4 Å². The fourth-order valence-corrected chi connectivity index (χ4v) is 3.17. The van der Waals surface area contributed by atoms with Gasteiger partial charge in [-0.25, -0.2) is 0 Å². The predicted octanol–water partition coefficient (Wildman–Crippen LogP) is 2.25. The lowest BCUT2D eigenvalue weighted by Crippen LogP contribution is -2.40. The van der Waals surface area contributed by atoms with Crippen LogP contribution in [0.2, 0.25) is 0 Å². The number of aryl methyl sites for hydroxylation is 1. The third-order valence-electron chi connectivity index (χ3n) is 4.17. The lowest BCUT2D eigenvalue weighted by atomic mass is 9.88. The average Bonchev–Trinajstić information content (AvgIpc) is 2.89. The summed E-state index contributed by atoms with van der Waals surface area (Å²) in [4.78, 5) is 25.5. The number of aliphatic carboxylic acids is 1. The van der Waals surface area contributed by atoms with Crippen molar-refractivity contribution in [3.8, 4) is 0 Å². The number of carboxylic acid groups (broad SMARTS) is 1. The number of hydrogen-bond acceptors (Lipinski definition) is 3. The molecular weight excluding hydrogens is 350 g/mol. The lowest BCUT2D eigenvalue weighted by Gasteiger charge is -2.23. The van der Waals surface area contributed by atoms with Crippen molar-refractivity contribution < 1.29 is 19.4 Å². The molecule has 22 heavy (non-hydrogen) atoms. The third kappa shape index (κ3) is 3.50. The van der Waals surface area contributed by atoms with Gasteiger partial charge < -0.3 is 14.7 Å². The highest BCUT2D eigenvalue weighted by Gasteiger charge is 2.46. The van der Waals surface area contributed by atoms with Crippen LogP contribution in [0, 0.1) is 12.3 Å². The Bertz CT molecular complexity index is 590. The number of carbonyl (C=O) groups excluding carboxylic acids is 1. The Kier molecular flexibility index (Phi) is 5.24. The zero-order chi connectivity index (χ0) is 16.3. The van der Waals surface area contributed by atoms with Gasteiger partial charge in [-0.3, -0.25) is 9.59 Å². The molecule has 1 aromatic rings. The van der Waals surface area contributed by atoms with Crippen molar-refractivity contribution >= 4 is 27.8 Å². The van der Waals surface area contributed by atoms with Crippen LogP contribution in [0.15, 0.2) is 22.7 Å². The normalized spacial score (nSPS) is 21.1. The number of carbonyl (C=O) groups is 2. The second-order valence-corrected chi connectivity index (χ2v) is 6.70. The first-order chi connectivity index (χ1) is 10.4. The Morgan fingerprint density at radius 3 is 2.77 bits per heavy atom. The van der Waals surface area contributed by atoms with Gasteiger partial charge in [0, 0.05) is 24.7 Å². The van der Waals surface area contributed by atoms with E-state index in [0.717, 1.165) is 15.6 Å². The minimum atomic E-state index is -0.974. The van der Waals surface area contributed by atoms with Gasteiger partial charge >= 0.3 is 5.97 Å². The highest BCUT2D eigenvalue weighted by molar-refractivity contribution is 9.10. The number of halogens is 1. The van der Waals surface area contributed by atoms with E-state index >= 15 is 0 Å². The zero-order valence-corrected chi connectivity index (χ0v) is 14.4. The largest absolute Gasteiger partial charge is 0.481 e. The van der Waals surface area contributed by atoms with Gasteiger partial charge in [-0.2, -0.15) is 0 Å². The third-order valence-corrected chi connectivity index (χ3v) is 5.03. The summed E-state index contributed by atoms with van der Waals surface area (Å²) in [6.45, 7) is 2.79. The van der Waals surface area contributed by atoms with E-state index in [1.807, 2.05) is 25.1 Å². The summed E-state index contributed by atoms with van der Waals surface area (Å²) >= 11 is 3.46. The fraction of sp³-hybridized carbons (Fsp3) is 0.500. The van der Waals surface area contributed by atoms with E-state index in [2.05, 4.69) is 15.9 Å². The Hall–Kier alpha value is -1.40. The Labute approximate surface area is 138 Å². The molecule has 1 heterocycles. The molecule has 1 unspecified atom stereocenters. The van der Waals surface area contributed by atoms with Crippen LogP contribution in [0.25, 0.3) is 0 Å². The second kappa shape index (κ2) is 6.79. The predicted molar refractivity (Wildman–Crippen MR) is 85.7 cm³/mol. The van der Waals surface area contributed by atoms with Crippen molar-refractivity contribution in [2.24, 2.45) is 5.41 Å². The molecule has 1 aliphatic rings. The minimum Gasteiger partial charge on any atom is -0.481 e. The molecular formula is C16H20BrNO4. The van der Waals surface area contributed by atoms with Gasteiger partial charge in [0.2, 0.25) is 5.91 Å². The first-order valence-electron chi connectivity index (χ1n) is 7.13. The Morgan fingerprint density at radius 2 is 2.18 bits per heavy atom. The first-order valence-corrected chi connectivity index (χ1v) is 7.92. The van der Waals surface area contributed by atoms with Crippen molar-refractivity contribution in [2.75, 3.05) is 26.8 Å². The van der Waals surface area contributed by atoms with Crippen molar-refractivity contribution in [2.45, 2.75) is 19.8 Å². The number of hydrogen-bond donors (Lipinski definition) is 1. The van der Waals surface area contributed by atoms with Gasteiger partial charge in [-0.1, -0.05) is 28.1 Å². The molecule has 1 aromatic carbocycles. The molecule has 1 N–H and O–H groups in total. The van der Waals surface area contributed by atoms with Crippen molar-refractivity contribution in [3.63, 3.8) is 0 Å². The van der Waals surface area contributed by atoms with Crippen LogP contribution in [0.3, 0.4) is 0 Å². The van der Waals surface area contributed by atoms with Gasteiger partial charge in [0.25, 0.3) is 0 Å². The molecule has 0 aliphatic carbocycles. The number of amides is 1. The maximum absolute atomic E-state index is 12.4. The molecule has 1 saturated heterocycles. The smallest absolute Gasteiger partial charge is 0.313 e. The lowest BCUT2D eigenvalue weighted by molar-refractivity contribution is -0.151. The van der Waals surface area contributed by atoms with E-state index in [1.54, 1.807) is 4.90 Å². The van der Waals surface area contributed by atoms with Crippen LogP contribution >= 0.6 is 15.9 Å². The fourth-order valence-electron chi connectivity index (χ4n) is 2.75. The molecule has 0 radical (unpaired) electrons. The van der Waals surface area contributed by atoms with Crippen LogP contribution < -0.4 is 0 Å². The molecule has 1 amide bonds. The second-order valence-electron chi connectivity index (χ2n) is 5.84. The first kappa shape index (κ1) is 17.0. The van der Waals surface area contributed by atoms with Gasteiger partial charge in [-0.05, 0) is 30.5 Å². The topological polar surface area (TPSA) is 66.8 Å². The van der Waals surface area contributed by atoms with E-state index in [0.29, 0.717) is 13.0 Å². The van der Waals surface area contributed by atoms with Crippen LogP contribution in [0.1, 0.15) is 17.5 Å². The number of likely N-dealkylation sites (tertiary alicyclic amines) is 1. The van der Waals surface area contributed by atoms with E-state index in [-0.39, 0.29) is 25.5 Å². The monoisotopic (exact) mass is 369 g/mol. The summed E-state index contributed by atoms with van der Waals surface area (Å²) in [5, 5.41) is 9.43. The van der Waals surface area contributed by atoms with Gasteiger partial charge in [0.05, 0.1) is 13.0 Å². The number of carboxylic acids is 1. The number of nitrogens with zero attached hydrogens (tertiary/aromatic N) is 1. The van der Waals surface area contributed by atoms with Crippen LogP contribution in [-0.2, 0) is 20.7 Å². The summed E-state index contributed by atoms with van der Waals surface area (Å²) in [5.74, 6) is -0.947. The molecule has 1 aliphatic heterocycles. The summed E-state index contributed by atoms with van der Waals surface area (Å²) < 4.78 is 6.01. The van der Waals surface area contributed by atoms with Gasteiger partial charge in [0.15, 0.2) is 0 Å². The summed E-state index contributed by atoms with van der Waals surface area (Å²) in [7, 11) is 1.49. The molecule has 1 fully saturated rings. The Balaban J connectivity index is 2.05. The van der Waals surface area contributed by atoms with E-state index in [4.69, 9.17) is 4.74 Å². The van der Waals surface area contributed by atoms with Crippen LogP contribution in [-0.4, -0.2) is 48.7 Å². The average molecular weight is 370 g/mol. The van der Waals surface area contributed by atoms with E-state index in [9.17, 15) is 14.7 Å². The van der Waals surface area contributed by atoms with Crippen LogP contribution in [0.4, 0.5) is 0 Å². The van der Waals surface area contributed by atoms with Crippen molar-refractivity contribution in [3.05, 3.63) is 33.8 Å². The maximum atomic E-state index is 12.4. The van der Waals surface area contributed by atoms with Crippen LogP contribution in [0.5, 0.6) is 0 Å². The van der Waals surface area contributed by atoms with Crippen molar-refractivity contribution in [1.29, 1.82) is 0 Å². The molecule has 0 saturated carbocycles. The molecule has 120 valence electrons. The number of benzene rings is 1. The number of methoxy groups -OCH3 is 1. The molecule has 0 spiro atoms. The number of rotatable bonds is 5. The summed E-state index contributed by atoms with van der Waals surface area (Å²) in [5.41, 5.74) is 1.06. The molecule has 0 aromatic heterocycles. The molecule has 2 rings (SSSR count). The number of ether oxygens (including phenoxy) is 1. The molecule has 0 bridgehead atoms. The zero-order valence-electron chi connectivity index (χ0n) is 12.8. The molecule has 5 nitrogen and oxygen atoms in total. The summed E-state index contributed by atoms with van der Waals surface area (Å²) in [6, 6.07) is 5.82. The van der Waals surface area contributed by atoms with Gasteiger partial charge in [0.1, 0.15) is 5.41 Å². The SMILES string of the molecule is COCC1(C(=O)O)CCN(C(=O)Cc2ccc(C)c(Br)c2)C1. The quantitative estimate of drug-likeness (QED) is 0.864. The minimum absolute atomic E-state index is 0.0463. The van der Waals surface area contributed by atoms with Crippen molar-refractivity contribution in [1.82, 2.24) is 4.90 Å². The standard InChI is InChI=1S/C16H20BrNO4/c1-11-3-4-12(7-13(11)17)8-14(19)18-6-5-16(9-18,10-22-2)15(20)21/h3-4,7H,5-6,8-10H2,1-2H3,(H,20,21). The van der Waals surface area contributed by atoms with E-state index in [1.165, 1.54) is 7.11 Å². The van der Waals surface area contributed by atoms with Gasteiger partial charge in [-0.15, -0.1) is 0 Å². The molecule has 6 heteroatoms. The molecule has 1 atom stereocenters. The maximum Gasteiger partial charge on any atom is 0.313 e. The Morgan fingerprint density at radius 1 is 1.45 bits per heavy atom. The highest BCUT2D eigenvalue weighted by atomic mass is 79.9. The summed E-state index contributed by atoms with van der Waals surface area (Å²) in [6.07, 6.45) is 0.709. The highest BCUT2D eigenvalue weighted by Crippen LogP contribution is 2.31.